The zero-order chi connectivity index (χ0) is 28.9. The molecule has 0 spiro atoms. The van der Waals surface area contributed by atoms with E-state index in [0.29, 0.717) is 22.0 Å². The van der Waals surface area contributed by atoms with Crippen molar-refractivity contribution in [3.63, 3.8) is 0 Å². The predicted molar refractivity (Wildman–Crippen MR) is 161 cm³/mol. The summed E-state index contributed by atoms with van der Waals surface area (Å²) in [5.41, 5.74) is 3.36. The normalized spacial score (nSPS) is 11.9. The van der Waals surface area contributed by atoms with Crippen LogP contribution in [0, 0.1) is 0 Å². The van der Waals surface area contributed by atoms with Crippen molar-refractivity contribution in [2.45, 2.75) is 24.4 Å². The van der Waals surface area contributed by atoms with E-state index >= 15 is 0 Å². The van der Waals surface area contributed by atoms with Crippen molar-refractivity contribution in [1.82, 2.24) is 4.90 Å². The fourth-order valence-electron chi connectivity index (χ4n) is 4.45. The number of hydrogen-bond acceptors (Lipinski definition) is 5. The Balaban J connectivity index is 1.73. The first-order chi connectivity index (χ1) is 19.1. The van der Waals surface area contributed by atoms with Gasteiger partial charge in [-0.25, -0.2) is 8.42 Å². The summed E-state index contributed by atoms with van der Waals surface area (Å²) in [5, 5.41) is 0.367. The molecule has 0 aliphatic rings. The van der Waals surface area contributed by atoms with Crippen LogP contribution in [0.2, 0.25) is 5.02 Å². The van der Waals surface area contributed by atoms with Gasteiger partial charge in [0.15, 0.2) is 0 Å². The Bertz CT molecular complexity index is 1580. The number of methoxy groups -OCH3 is 1. The van der Waals surface area contributed by atoms with Gasteiger partial charge < -0.3 is 14.5 Å². The maximum Gasteiger partial charge on any atom is 0.261 e. The summed E-state index contributed by atoms with van der Waals surface area (Å²) in [4.78, 5) is 17.7. The Morgan fingerprint density at radius 2 is 1.57 bits per heavy atom. The number of anilines is 2. The molecule has 0 aliphatic heterocycles. The van der Waals surface area contributed by atoms with Crippen molar-refractivity contribution in [3.8, 4) is 5.75 Å². The SMILES string of the molecule is COc1ccc(S(=O)(=O)Nc2ccc(N(C)C)c(CN(C(=O)c3ccccc3Cl)[C@@H](C)c3ccccc3)c2)cc1. The first-order valence-electron chi connectivity index (χ1n) is 12.7. The van der Waals surface area contributed by atoms with E-state index in [1.807, 2.05) is 62.3 Å². The third-order valence-electron chi connectivity index (χ3n) is 6.64. The van der Waals surface area contributed by atoms with E-state index < -0.39 is 10.0 Å². The number of benzene rings is 4. The summed E-state index contributed by atoms with van der Waals surface area (Å²) in [7, 11) is 1.47. The van der Waals surface area contributed by atoms with Crippen molar-refractivity contribution in [1.29, 1.82) is 0 Å². The van der Waals surface area contributed by atoms with Crippen LogP contribution in [-0.4, -0.2) is 40.4 Å². The van der Waals surface area contributed by atoms with Gasteiger partial charge in [0, 0.05) is 32.0 Å². The molecule has 208 valence electrons. The van der Waals surface area contributed by atoms with Gasteiger partial charge in [0.25, 0.3) is 15.9 Å². The predicted octanol–water partition coefficient (Wildman–Crippen LogP) is 6.62. The molecule has 0 saturated heterocycles. The number of halogens is 1. The molecule has 0 unspecified atom stereocenters. The molecule has 1 atom stereocenters. The molecule has 0 bridgehead atoms. The highest BCUT2D eigenvalue weighted by Gasteiger charge is 2.26. The lowest BCUT2D eigenvalue weighted by Crippen LogP contribution is -2.34. The first-order valence-corrected chi connectivity index (χ1v) is 14.5. The minimum absolute atomic E-state index is 0.111. The number of carbonyl (C=O) groups is 1. The van der Waals surface area contributed by atoms with Crippen LogP contribution in [0.4, 0.5) is 11.4 Å². The average molecular weight is 578 g/mol. The summed E-state index contributed by atoms with van der Waals surface area (Å²) in [6.07, 6.45) is 0. The van der Waals surface area contributed by atoms with Gasteiger partial charge in [-0.15, -0.1) is 0 Å². The second kappa shape index (κ2) is 12.4. The second-order valence-electron chi connectivity index (χ2n) is 9.52. The molecular weight excluding hydrogens is 546 g/mol. The molecule has 4 rings (SSSR count). The molecule has 40 heavy (non-hydrogen) atoms. The highest BCUT2D eigenvalue weighted by atomic mass is 35.5. The van der Waals surface area contributed by atoms with Crippen molar-refractivity contribution < 1.29 is 17.9 Å². The fraction of sp³-hybridized carbons (Fsp3) is 0.194. The number of ether oxygens (including phenoxy) is 1. The smallest absolute Gasteiger partial charge is 0.261 e. The van der Waals surface area contributed by atoms with Crippen LogP contribution >= 0.6 is 11.6 Å². The molecule has 4 aromatic carbocycles. The lowest BCUT2D eigenvalue weighted by molar-refractivity contribution is 0.0674. The molecule has 0 aliphatic carbocycles. The number of nitrogens with one attached hydrogen (secondary N) is 1. The Hall–Kier alpha value is -4.01. The maximum absolute atomic E-state index is 13.9. The minimum Gasteiger partial charge on any atom is -0.497 e. The van der Waals surface area contributed by atoms with Crippen LogP contribution in [-0.2, 0) is 16.6 Å². The molecule has 1 N–H and O–H groups in total. The van der Waals surface area contributed by atoms with E-state index in [1.54, 1.807) is 53.4 Å². The molecular formula is C31H32ClN3O4S. The highest BCUT2D eigenvalue weighted by Crippen LogP contribution is 2.32. The molecule has 0 heterocycles. The van der Waals surface area contributed by atoms with Crippen LogP contribution in [0.15, 0.2) is 102 Å². The van der Waals surface area contributed by atoms with E-state index in [-0.39, 0.29) is 23.4 Å². The fourth-order valence-corrected chi connectivity index (χ4v) is 5.72. The Kier molecular flexibility index (Phi) is 9.02. The van der Waals surface area contributed by atoms with Crippen molar-refractivity contribution in [2.24, 2.45) is 0 Å². The van der Waals surface area contributed by atoms with Crippen LogP contribution in [0.5, 0.6) is 5.75 Å². The van der Waals surface area contributed by atoms with Gasteiger partial charge in [-0.2, -0.15) is 0 Å². The summed E-state index contributed by atoms with van der Waals surface area (Å²) >= 11 is 6.43. The summed E-state index contributed by atoms with van der Waals surface area (Å²) in [5.74, 6) is 0.336. The van der Waals surface area contributed by atoms with Gasteiger partial charge in [0.05, 0.1) is 28.6 Å². The maximum atomic E-state index is 13.9. The molecule has 7 nitrogen and oxygen atoms in total. The summed E-state index contributed by atoms with van der Waals surface area (Å²) < 4.78 is 34.1. The number of sulfonamides is 1. The second-order valence-corrected chi connectivity index (χ2v) is 11.6. The van der Waals surface area contributed by atoms with Gasteiger partial charge in [-0.05, 0) is 72.6 Å². The largest absolute Gasteiger partial charge is 0.497 e. The zero-order valence-electron chi connectivity index (χ0n) is 22.8. The van der Waals surface area contributed by atoms with E-state index in [9.17, 15) is 13.2 Å². The van der Waals surface area contributed by atoms with Gasteiger partial charge >= 0.3 is 0 Å². The quantitative estimate of drug-likeness (QED) is 0.229. The number of rotatable bonds is 10. The standard InChI is InChI=1S/C31H32ClN3O4S/c1-22(23-10-6-5-7-11-23)35(31(36)28-12-8-9-13-29(28)32)21-24-20-25(14-19-30(24)34(2)3)33-40(37,38)27-17-15-26(39-4)16-18-27/h5-20,22,33H,21H2,1-4H3/t22-/m0/s1. The highest BCUT2D eigenvalue weighted by molar-refractivity contribution is 7.92. The minimum atomic E-state index is -3.86. The van der Waals surface area contributed by atoms with E-state index in [1.165, 1.54) is 19.2 Å². The number of nitrogens with zero attached hydrogens (tertiary/aromatic N) is 2. The third-order valence-corrected chi connectivity index (χ3v) is 8.37. The molecule has 1 amide bonds. The molecule has 0 aromatic heterocycles. The van der Waals surface area contributed by atoms with Crippen molar-refractivity contribution >= 4 is 38.9 Å². The molecule has 4 aromatic rings. The van der Waals surface area contributed by atoms with Gasteiger partial charge in [-0.1, -0.05) is 54.1 Å². The molecule has 0 radical (unpaired) electrons. The molecule has 0 saturated carbocycles. The number of amides is 1. The number of hydrogen-bond donors (Lipinski definition) is 1. The Morgan fingerprint density at radius 1 is 0.925 bits per heavy atom. The topological polar surface area (TPSA) is 79.0 Å². The van der Waals surface area contributed by atoms with E-state index in [2.05, 4.69) is 4.72 Å². The van der Waals surface area contributed by atoms with E-state index in [4.69, 9.17) is 16.3 Å². The Labute approximate surface area is 241 Å². The van der Waals surface area contributed by atoms with Gasteiger partial charge in [0.1, 0.15) is 5.75 Å². The lowest BCUT2D eigenvalue weighted by atomic mass is 10.0. The molecule has 9 heteroatoms. The average Bonchev–Trinajstić information content (AvgIpc) is 2.95. The van der Waals surface area contributed by atoms with Gasteiger partial charge in [0.2, 0.25) is 0 Å². The zero-order valence-corrected chi connectivity index (χ0v) is 24.4. The van der Waals surface area contributed by atoms with Crippen LogP contribution in [0.1, 0.15) is 34.5 Å². The van der Waals surface area contributed by atoms with E-state index in [0.717, 1.165) is 16.8 Å². The monoisotopic (exact) mass is 577 g/mol. The lowest BCUT2D eigenvalue weighted by Gasteiger charge is -2.32. The molecule has 0 fully saturated rings. The van der Waals surface area contributed by atoms with Crippen LogP contribution < -0.4 is 14.4 Å². The third kappa shape index (κ3) is 6.58. The summed E-state index contributed by atoms with van der Waals surface area (Å²) in [6.45, 7) is 2.18. The summed E-state index contributed by atoms with van der Waals surface area (Å²) in [6, 6.07) is 27.9. The van der Waals surface area contributed by atoms with Crippen LogP contribution in [0.3, 0.4) is 0 Å². The first kappa shape index (κ1) is 29.0. The van der Waals surface area contributed by atoms with Crippen molar-refractivity contribution in [2.75, 3.05) is 30.8 Å². The van der Waals surface area contributed by atoms with Crippen molar-refractivity contribution in [3.05, 3.63) is 119 Å². The van der Waals surface area contributed by atoms with Gasteiger partial charge in [-0.3, -0.25) is 9.52 Å². The van der Waals surface area contributed by atoms with Crippen LogP contribution in [0.25, 0.3) is 0 Å². The number of carbonyl (C=O) groups excluding carboxylic acids is 1. The Morgan fingerprint density at radius 3 is 2.20 bits per heavy atom.